The summed E-state index contributed by atoms with van der Waals surface area (Å²) in [6.07, 6.45) is 27.4. The van der Waals surface area contributed by atoms with Crippen molar-refractivity contribution in [3.8, 4) is 0 Å². The molecule has 8 fully saturated rings. The number of ether oxygens (including phenoxy) is 6. The van der Waals surface area contributed by atoms with E-state index in [1.807, 2.05) is 0 Å². The van der Waals surface area contributed by atoms with E-state index < -0.39 is 0 Å². The maximum Gasteiger partial charge on any atom is 0.146 e. The van der Waals surface area contributed by atoms with Crippen LogP contribution < -0.4 is 0 Å². The number of hydrogen-bond acceptors (Lipinski definition) is 7. The summed E-state index contributed by atoms with van der Waals surface area (Å²) in [4.78, 5) is 0. The van der Waals surface area contributed by atoms with Gasteiger partial charge in [0.25, 0.3) is 0 Å². The van der Waals surface area contributed by atoms with Crippen molar-refractivity contribution < 1.29 is 33.5 Å². The zero-order valence-electron chi connectivity index (χ0n) is 46.1. The summed E-state index contributed by atoms with van der Waals surface area (Å²) in [5.41, 5.74) is 1.74. The van der Waals surface area contributed by atoms with Crippen molar-refractivity contribution in [3.05, 3.63) is 0 Å². The van der Waals surface area contributed by atoms with Crippen molar-refractivity contribution in [3.63, 3.8) is 0 Å². The van der Waals surface area contributed by atoms with Crippen molar-refractivity contribution in [1.82, 2.24) is 0 Å². The third-order valence-corrected chi connectivity index (χ3v) is 23.9. The van der Waals surface area contributed by atoms with Gasteiger partial charge < -0.3 is 33.5 Å². The highest BCUT2D eigenvalue weighted by molar-refractivity contribution is 9.09. The molecule has 68 heavy (non-hydrogen) atoms. The van der Waals surface area contributed by atoms with Crippen LogP contribution in [0.25, 0.3) is 0 Å². The molecule has 8 aliphatic carbocycles. The number of alkyl halides is 1. The number of halogens is 1. The molecule has 0 amide bonds. The largest absolute Gasteiger partial charge is 0.396 e. The number of rotatable bonds is 20. The van der Waals surface area contributed by atoms with Crippen molar-refractivity contribution in [2.75, 3.05) is 53.0 Å². The molecule has 8 heteroatoms. The Morgan fingerprint density at radius 3 is 1.28 bits per heavy atom. The Hall–Kier alpha value is 0.200. The second-order valence-corrected chi connectivity index (χ2v) is 26.6. The molecule has 0 aromatic heterocycles. The van der Waals surface area contributed by atoms with E-state index in [4.69, 9.17) is 28.4 Å². The molecule has 0 heterocycles. The lowest BCUT2D eigenvalue weighted by atomic mass is 9.41. The SMILES string of the molecule is CCO[C@@H]1CC[C@]2(C)C3CC[C@@]4(C)C(CC[C@@H]4[C@H](C)CCCBr)C3[C@H](OCOC)[C@H](CC)[C@@H]2C1.CCO[C@@H]1CC[C@]2(C)C3CC[C@@]4(C)C(CC[C@@H]4[C@H](C)CCCO)C3[C@H](OCOC)[C@H](CC)[C@@H]2C1. The second-order valence-electron chi connectivity index (χ2n) is 25.8. The highest BCUT2D eigenvalue weighted by Crippen LogP contribution is 2.72. The van der Waals surface area contributed by atoms with Crippen LogP contribution >= 0.6 is 15.9 Å². The highest BCUT2D eigenvalue weighted by atomic mass is 79.9. The average Bonchev–Trinajstić information content (AvgIpc) is 3.88. The van der Waals surface area contributed by atoms with E-state index in [1.54, 1.807) is 14.2 Å². The van der Waals surface area contributed by atoms with Gasteiger partial charge in [0.15, 0.2) is 0 Å². The molecular weight excluding hydrogens is 913 g/mol. The molecule has 0 bridgehead atoms. The molecule has 8 aliphatic rings. The number of hydrogen-bond donors (Lipinski definition) is 1. The van der Waals surface area contributed by atoms with Crippen LogP contribution in [0.3, 0.4) is 0 Å². The van der Waals surface area contributed by atoms with Crippen LogP contribution in [0.15, 0.2) is 0 Å². The number of fused-ring (bicyclic) bond motifs is 10. The average molecular weight is 1020 g/mol. The predicted octanol–water partition coefficient (Wildman–Crippen LogP) is 14.8. The fourth-order valence-electron chi connectivity index (χ4n) is 20.5. The molecule has 0 spiro atoms. The second kappa shape index (κ2) is 24.3. The minimum Gasteiger partial charge on any atom is -0.396 e. The third kappa shape index (κ3) is 10.4. The molecule has 0 saturated heterocycles. The Kier molecular flexibility index (Phi) is 19.9. The van der Waals surface area contributed by atoms with Gasteiger partial charge in [-0.25, -0.2) is 0 Å². The maximum atomic E-state index is 9.44. The Balaban J connectivity index is 0.000000201. The van der Waals surface area contributed by atoms with E-state index in [1.165, 1.54) is 116 Å². The summed E-state index contributed by atoms with van der Waals surface area (Å²) < 4.78 is 36.9. The molecule has 396 valence electrons. The monoisotopic (exact) mass is 1020 g/mol. The highest BCUT2D eigenvalue weighted by Gasteiger charge is 2.67. The molecular formula is C60H107BrO7. The lowest BCUT2D eigenvalue weighted by Crippen LogP contribution is -2.62. The van der Waals surface area contributed by atoms with E-state index in [9.17, 15) is 5.11 Å². The minimum absolute atomic E-state index is 0.310. The quantitative estimate of drug-likeness (QED) is 0.0962. The van der Waals surface area contributed by atoms with Crippen molar-refractivity contribution in [1.29, 1.82) is 0 Å². The summed E-state index contributed by atoms with van der Waals surface area (Å²) in [5.74, 6) is 10.3. The number of aliphatic hydroxyl groups excluding tert-OH is 1. The van der Waals surface area contributed by atoms with Gasteiger partial charge in [0.05, 0.1) is 24.4 Å². The fraction of sp³-hybridized carbons (Fsp3) is 1.00. The smallest absolute Gasteiger partial charge is 0.146 e. The van der Waals surface area contributed by atoms with Crippen LogP contribution in [0.2, 0.25) is 0 Å². The van der Waals surface area contributed by atoms with Crippen LogP contribution in [-0.2, 0) is 28.4 Å². The molecule has 22 atom stereocenters. The van der Waals surface area contributed by atoms with Gasteiger partial charge in [0.1, 0.15) is 13.6 Å². The van der Waals surface area contributed by atoms with Crippen LogP contribution in [0, 0.1) is 105 Å². The van der Waals surface area contributed by atoms with Crippen molar-refractivity contribution in [2.45, 2.75) is 222 Å². The zero-order chi connectivity index (χ0) is 49.0. The van der Waals surface area contributed by atoms with Gasteiger partial charge in [-0.1, -0.05) is 84.2 Å². The Morgan fingerprint density at radius 2 is 0.912 bits per heavy atom. The fourth-order valence-corrected chi connectivity index (χ4v) is 20.8. The lowest BCUT2D eigenvalue weighted by Gasteiger charge is -2.65. The van der Waals surface area contributed by atoms with Crippen LogP contribution in [0.5, 0.6) is 0 Å². The maximum absolute atomic E-state index is 9.44. The molecule has 0 radical (unpaired) electrons. The van der Waals surface area contributed by atoms with Crippen molar-refractivity contribution in [2.24, 2.45) is 105 Å². The van der Waals surface area contributed by atoms with E-state index in [2.05, 4.69) is 85.2 Å². The Bertz CT molecular complexity index is 1420. The van der Waals surface area contributed by atoms with Crippen LogP contribution in [0.4, 0.5) is 0 Å². The van der Waals surface area contributed by atoms with E-state index in [-0.39, 0.29) is 0 Å². The Labute approximate surface area is 427 Å². The number of methoxy groups -OCH3 is 2. The van der Waals surface area contributed by atoms with E-state index in [0.717, 1.165) is 72.8 Å². The first-order valence-electron chi connectivity index (χ1n) is 29.3. The number of aliphatic hydroxyl groups is 1. The molecule has 0 aromatic rings. The summed E-state index contributed by atoms with van der Waals surface area (Å²) in [6.45, 7) is 27.6. The first-order chi connectivity index (χ1) is 32.7. The molecule has 6 unspecified atom stereocenters. The molecule has 1 N–H and O–H groups in total. The van der Waals surface area contributed by atoms with Gasteiger partial charge in [-0.15, -0.1) is 0 Å². The van der Waals surface area contributed by atoms with Crippen molar-refractivity contribution >= 4 is 15.9 Å². The molecule has 0 aromatic carbocycles. The van der Waals surface area contributed by atoms with Gasteiger partial charge in [-0.2, -0.15) is 0 Å². The summed E-state index contributed by atoms with van der Waals surface area (Å²) in [6, 6.07) is 0. The topological polar surface area (TPSA) is 75.6 Å². The zero-order valence-corrected chi connectivity index (χ0v) is 47.6. The summed E-state index contributed by atoms with van der Waals surface area (Å²) in [5, 5.41) is 10.6. The minimum atomic E-state index is 0.310. The summed E-state index contributed by atoms with van der Waals surface area (Å²) >= 11 is 3.68. The van der Waals surface area contributed by atoms with Gasteiger partial charge in [0.2, 0.25) is 0 Å². The van der Waals surface area contributed by atoms with Gasteiger partial charge in [-0.3, -0.25) is 0 Å². The molecule has 8 saturated carbocycles. The normalized spacial score (nSPS) is 47.0. The van der Waals surface area contributed by atoms with Crippen LogP contribution in [-0.4, -0.2) is 82.5 Å². The first-order valence-corrected chi connectivity index (χ1v) is 30.4. The van der Waals surface area contributed by atoms with E-state index >= 15 is 0 Å². The Morgan fingerprint density at radius 1 is 0.515 bits per heavy atom. The summed E-state index contributed by atoms with van der Waals surface area (Å²) in [7, 11) is 3.57. The molecule has 0 aliphatic heterocycles. The standard InChI is InChI=1S/C30H53BrO3.C30H54O4/c2*1-7-22-26-18-21(33-8-2)13-15-30(26,5)25-14-16-29(4)23(20(3)10-9-17-31)11-12-24(29)27(25)28(22)34-19-32-6/h20-28H,7-19H2,1-6H3;20-28,31H,7-19H2,1-6H3/t2*20-,21-,22-,23-,24?,25?,26+,27?,28-,29-,30-/m11/s1. The van der Waals surface area contributed by atoms with E-state index in [0.29, 0.717) is 108 Å². The third-order valence-electron chi connectivity index (χ3n) is 23.4. The van der Waals surface area contributed by atoms with Crippen LogP contribution in [0.1, 0.15) is 198 Å². The molecule has 8 rings (SSSR count). The van der Waals surface area contributed by atoms with Gasteiger partial charge in [0, 0.05) is 39.4 Å². The van der Waals surface area contributed by atoms with Gasteiger partial charge >= 0.3 is 0 Å². The first kappa shape index (κ1) is 55.9. The predicted molar refractivity (Wildman–Crippen MR) is 282 cm³/mol. The lowest BCUT2D eigenvalue weighted by molar-refractivity contribution is -0.236. The van der Waals surface area contributed by atoms with Gasteiger partial charge in [-0.05, 0) is 234 Å². The molecule has 7 nitrogen and oxygen atoms in total.